The first kappa shape index (κ1) is 24.4. The highest BCUT2D eigenvalue weighted by atomic mass is 32.1. The van der Waals surface area contributed by atoms with Crippen molar-refractivity contribution >= 4 is 33.9 Å². The Labute approximate surface area is 205 Å². The Hall–Kier alpha value is -2.74. The van der Waals surface area contributed by atoms with Crippen LogP contribution in [0.3, 0.4) is 0 Å². The number of rotatable bonds is 8. The Morgan fingerprint density at radius 1 is 1.09 bits per heavy atom. The van der Waals surface area contributed by atoms with Gasteiger partial charge in [0.2, 0.25) is 11.8 Å². The molecular formula is C27H33N3O3S. The quantitative estimate of drug-likeness (QED) is 0.521. The molecule has 1 saturated heterocycles. The van der Waals surface area contributed by atoms with Crippen molar-refractivity contribution in [1.29, 1.82) is 0 Å². The molecule has 1 aliphatic heterocycles. The Morgan fingerprint density at radius 3 is 2.50 bits per heavy atom. The van der Waals surface area contributed by atoms with E-state index in [4.69, 9.17) is 0 Å². The number of fused-ring (bicyclic) bond motifs is 1. The number of nitrogens with zero attached hydrogens (tertiary/aromatic N) is 2. The van der Waals surface area contributed by atoms with Crippen molar-refractivity contribution < 1.29 is 14.7 Å². The third-order valence-electron chi connectivity index (χ3n) is 6.75. The van der Waals surface area contributed by atoms with Crippen LogP contribution < -0.4 is 5.32 Å². The molecular weight excluding hydrogens is 446 g/mol. The summed E-state index contributed by atoms with van der Waals surface area (Å²) in [5, 5.41) is 17.3. The highest BCUT2D eigenvalue weighted by Gasteiger charge is 2.35. The highest BCUT2D eigenvalue weighted by Crippen LogP contribution is 2.21. The minimum absolute atomic E-state index is 0.0447. The number of hydrogen-bond acceptors (Lipinski definition) is 5. The summed E-state index contributed by atoms with van der Waals surface area (Å²) in [7, 11) is 3.53. The van der Waals surface area contributed by atoms with E-state index in [1.807, 2.05) is 29.6 Å². The zero-order valence-corrected chi connectivity index (χ0v) is 20.6. The molecule has 1 aliphatic rings. The van der Waals surface area contributed by atoms with Crippen LogP contribution in [0.1, 0.15) is 23.3 Å². The van der Waals surface area contributed by atoms with Crippen LogP contribution in [0.25, 0.3) is 10.8 Å². The van der Waals surface area contributed by atoms with E-state index in [9.17, 15) is 14.7 Å². The second-order valence-electron chi connectivity index (χ2n) is 9.03. The van der Waals surface area contributed by atoms with E-state index < -0.39 is 12.1 Å². The van der Waals surface area contributed by atoms with Gasteiger partial charge in [-0.05, 0) is 54.1 Å². The van der Waals surface area contributed by atoms with Gasteiger partial charge < -0.3 is 20.2 Å². The van der Waals surface area contributed by atoms with E-state index in [0.717, 1.165) is 15.8 Å². The molecule has 2 atom stereocenters. The molecule has 0 radical (unpaired) electrons. The van der Waals surface area contributed by atoms with E-state index >= 15 is 0 Å². The lowest BCUT2D eigenvalue weighted by molar-refractivity contribution is -0.146. The molecule has 1 fully saturated rings. The zero-order chi connectivity index (χ0) is 24.1. The lowest BCUT2D eigenvalue weighted by Gasteiger charge is -2.36. The minimum atomic E-state index is -0.575. The normalized spacial score (nSPS) is 16.4. The van der Waals surface area contributed by atoms with Crippen LogP contribution in [0.15, 0.2) is 60.0 Å². The Kier molecular flexibility index (Phi) is 7.98. The molecule has 2 amide bonds. The van der Waals surface area contributed by atoms with Gasteiger partial charge in [-0.2, -0.15) is 0 Å². The van der Waals surface area contributed by atoms with Crippen molar-refractivity contribution in [3.8, 4) is 0 Å². The average Bonchev–Trinajstić information content (AvgIpc) is 3.38. The molecule has 4 rings (SSSR count). The summed E-state index contributed by atoms with van der Waals surface area (Å²) >= 11 is 1.60. The van der Waals surface area contributed by atoms with Crippen LogP contribution in [-0.4, -0.2) is 72.1 Å². The third kappa shape index (κ3) is 5.66. The topological polar surface area (TPSA) is 72.9 Å². The van der Waals surface area contributed by atoms with Gasteiger partial charge in [-0.15, -0.1) is 11.3 Å². The molecule has 0 bridgehead atoms. The summed E-state index contributed by atoms with van der Waals surface area (Å²) < 4.78 is 0. The molecule has 180 valence electrons. The molecule has 0 unspecified atom stereocenters. The summed E-state index contributed by atoms with van der Waals surface area (Å²) in [5.74, 6) is -0.140. The van der Waals surface area contributed by atoms with E-state index in [1.54, 1.807) is 35.2 Å². The highest BCUT2D eigenvalue weighted by molar-refractivity contribution is 7.09. The number of amides is 2. The predicted octanol–water partition coefficient (Wildman–Crippen LogP) is 3.08. The average molecular weight is 480 g/mol. The van der Waals surface area contributed by atoms with E-state index in [1.165, 1.54) is 5.39 Å². The second kappa shape index (κ2) is 11.1. The first-order chi connectivity index (χ1) is 16.5. The van der Waals surface area contributed by atoms with E-state index in [-0.39, 0.29) is 17.9 Å². The molecule has 2 N–H and O–H groups in total. The van der Waals surface area contributed by atoms with E-state index in [0.29, 0.717) is 38.8 Å². The van der Waals surface area contributed by atoms with Crippen LogP contribution in [0.5, 0.6) is 0 Å². The van der Waals surface area contributed by atoms with Gasteiger partial charge in [-0.3, -0.25) is 9.59 Å². The van der Waals surface area contributed by atoms with Crippen LogP contribution in [0, 0.1) is 0 Å². The second-order valence-corrected chi connectivity index (χ2v) is 10.1. The fourth-order valence-electron chi connectivity index (χ4n) is 4.62. The first-order valence-electron chi connectivity index (χ1n) is 11.9. The van der Waals surface area contributed by atoms with Gasteiger partial charge in [0, 0.05) is 31.4 Å². The summed E-state index contributed by atoms with van der Waals surface area (Å²) in [4.78, 5) is 31.6. The molecule has 0 spiro atoms. The summed E-state index contributed by atoms with van der Waals surface area (Å²) in [6, 6.07) is 17.4. The molecule has 2 aromatic carbocycles. The fraction of sp³-hybridized carbons (Fsp3) is 0.407. The monoisotopic (exact) mass is 479 g/mol. The van der Waals surface area contributed by atoms with Crippen molar-refractivity contribution in [2.24, 2.45) is 0 Å². The van der Waals surface area contributed by atoms with Crippen LogP contribution in [0.4, 0.5) is 0 Å². The van der Waals surface area contributed by atoms with Crippen LogP contribution >= 0.6 is 11.3 Å². The number of nitrogens with one attached hydrogen (secondary N) is 1. The maximum atomic E-state index is 13.6. The molecule has 0 saturated carbocycles. The Bertz CT molecular complexity index is 1110. The van der Waals surface area contributed by atoms with Crippen LogP contribution in [-0.2, 0) is 22.4 Å². The smallest absolute Gasteiger partial charge is 0.245 e. The largest absolute Gasteiger partial charge is 0.393 e. The maximum Gasteiger partial charge on any atom is 0.245 e. The van der Waals surface area contributed by atoms with Gasteiger partial charge in [-0.25, -0.2) is 0 Å². The minimum Gasteiger partial charge on any atom is -0.393 e. The number of likely N-dealkylation sites (N-methyl/N-ethyl adjacent to an activating group) is 2. The summed E-state index contributed by atoms with van der Waals surface area (Å²) in [6.07, 6.45) is 1.84. The number of aliphatic hydroxyl groups excluding tert-OH is 1. The predicted molar refractivity (Wildman–Crippen MR) is 137 cm³/mol. The molecule has 34 heavy (non-hydrogen) atoms. The van der Waals surface area contributed by atoms with E-state index in [2.05, 4.69) is 35.6 Å². The molecule has 1 aromatic heterocycles. The summed E-state index contributed by atoms with van der Waals surface area (Å²) in [6.45, 7) is 1.05. The lowest BCUT2D eigenvalue weighted by atomic mass is 9.99. The number of aliphatic hydroxyl groups is 1. The SMILES string of the molecule is CN[C@H](Cc1ccc2ccccc2c1)C(=O)N(C)[C@H](Cc1cccs1)C(=O)N1CCC(O)CC1. The van der Waals surface area contributed by atoms with Crippen molar-refractivity contribution in [1.82, 2.24) is 15.1 Å². The number of likely N-dealkylation sites (tertiary alicyclic amines) is 1. The molecule has 7 heteroatoms. The molecule has 6 nitrogen and oxygen atoms in total. The maximum absolute atomic E-state index is 13.6. The van der Waals surface area contributed by atoms with Crippen molar-refractivity contribution in [2.75, 3.05) is 27.2 Å². The first-order valence-corrected chi connectivity index (χ1v) is 12.7. The molecule has 0 aliphatic carbocycles. The number of carbonyl (C=O) groups is 2. The van der Waals surface area contributed by atoms with Gasteiger partial charge in [0.15, 0.2) is 0 Å². The molecule has 3 aromatic rings. The van der Waals surface area contributed by atoms with Crippen LogP contribution in [0.2, 0.25) is 0 Å². The number of piperidine rings is 1. The number of thiophene rings is 1. The number of carbonyl (C=O) groups excluding carboxylic acids is 2. The van der Waals surface area contributed by atoms with Gasteiger partial charge in [0.1, 0.15) is 6.04 Å². The zero-order valence-electron chi connectivity index (χ0n) is 19.8. The summed E-state index contributed by atoms with van der Waals surface area (Å²) in [5.41, 5.74) is 1.07. The standard InChI is InChI=1S/C27H33N3O3S/c1-28-24(17-19-9-10-20-6-3-4-7-21(20)16-19)26(32)29(2)25(18-23-8-5-15-34-23)27(33)30-13-11-22(31)12-14-30/h3-10,15-16,22,24-25,28,31H,11-14,17-18H2,1-2H3/t24-,25-/m1/s1. The lowest BCUT2D eigenvalue weighted by Crippen LogP contribution is -2.56. The third-order valence-corrected chi connectivity index (χ3v) is 7.65. The van der Waals surface area contributed by atoms with Crippen molar-refractivity contribution in [3.05, 3.63) is 70.4 Å². The van der Waals surface area contributed by atoms with Gasteiger partial charge in [-0.1, -0.05) is 48.5 Å². The number of hydrogen-bond donors (Lipinski definition) is 2. The van der Waals surface area contributed by atoms with Gasteiger partial charge in [0.05, 0.1) is 12.1 Å². The van der Waals surface area contributed by atoms with Gasteiger partial charge in [0.25, 0.3) is 0 Å². The van der Waals surface area contributed by atoms with Crippen molar-refractivity contribution in [3.63, 3.8) is 0 Å². The van der Waals surface area contributed by atoms with Crippen molar-refractivity contribution in [2.45, 2.75) is 43.9 Å². The molecule has 2 heterocycles. The van der Waals surface area contributed by atoms with Gasteiger partial charge >= 0.3 is 0 Å². The number of benzene rings is 2. The Morgan fingerprint density at radius 2 is 1.82 bits per heavy atom. The Balaban J connectivity index is 1.52. The fourth-order valence-corrected chi connectivity index (χ4v) is 5.36.